The zero-order chi connectivity index (χ0) is 16.9. The Kier molecular flexibility index (Phi) is 4.79. The molecule has 1 amide bonds. The monoisotopic (exact) mass is 325 g/mol. The third-order valence-corrected chi connectivity index (χ3v) is 4.11. The molecule has 1 aliphatic rings. The normalized spacial score (nSPS) is 15.4. The minimum Gasteiger partial charge on any atom is -0.492 e. The molecule has 2 N–H and O–H groups in total. The fourth-order valence-corrected chi connectivity index (χ4v) is 2.83. The Labute approximate surface area is 140 Å². The van der Waals surface area contributed by atoms with E-state index in [1.54, 1.807) is 0 Å². The topological polar surface area (TPSA) is 75.6 Å². The molecule has 1 aliphatic heterocycles. The van der Waals surface area contributed by atoms with Gasteiger partial charge in [0.15, 0.2) is 0 Å². The third kappa shape index (κ3) is 3.74. The largest absolute Gasteiger partial charge is 0.492 e. The maximum absolute atomic E-state index is 12.3. The molecule has 1 unspecified atom stereocenters. The zero-order valence-electron chi connectivity index (χ0n) is 13.2. The van der Waals surface area contributed by atoms with E-state index in [1.807, 2.05) is 48.5 Å². The van der Waals surface area contributed by atoms with Crippen LogP contribution in [-0.2, 0) is 22.4 Å². The lowest BCUT2D eigenvalue weighted by atomic mass is 10.0. The maximum Gasteiger partial charge on any atom is 0.307 e. The average molecular weight is 325 g/mol. The Morgan fingerprint density at radius 3 is 2.54 bits per heavy atom. The fraction of sp³-hybridized carbons (Fsp3) is 0.263. The number of hydrogen-bond acceptors (Lipinski definition) is 3. The molecule has 0 radical (unpaired) electrons. The molecule has 0 aliphatic carbocycles. The van der Waals surface area contributed by atoms with Crippen molar-refractivity contribution in [2.24, 2.45) is 0 Å². The van der Waals surface area contributed by atoms with Crippen molar-refractivity contribution in [3.05, 3.63) is 65.2 Å². The summed E-state index contributed by atoms with van der Waals surface area (Å²) in [5.41, 5.74) is 2.77. The number of rotatable bonds is 6. The summed E-state index contributed by atoms with van der Waals surface area (Å²) >= 11 is 0. The molecule has 0 spiro atoms. The second-order valence-corrected chi connectivity index (χ2v) is 5.83. The van der Waals surface area contributed by atoms with E-state index in [-0.39, 0.29) is 18.2 Å². The third-order valence-electron chi connectivity index (χ3n) is 4.11. The molecule has 5 nitrogen and oxygen atoms in total. The predicted molar refractivity (Wildman–Crippen MR) is 89.2 cm³/mol. The number of ether oxygens (including phenoxy) is 1. The van der Waals surface area contributed by atoms with Crippen LogP contribution in [-0.4, -0.2) is 30.1 Å². The number of carbonyl (C=O) groups is 2. The number of hydrogen-bond donors (Lipinski definition) is 2. The van der Waals surface area contributed by atoms with Crippen molar-refractivity contribution >= 4 is 11.9 Å². The SMILES string of the molecule is O=C(O)Cc1ccc(CCNC(=O)C2COc3ccccc32)cc1. The number of aliphatic carboxylic acids is 1. The van der Waals surface area contributed by atoms with E-state index >= 15 is 0 Å². The molecule has 0 saturated heterocycles. The second-order valence-electron chi connectivity index (χ2n) is 5.83. The molecule has 0 saturated carbocycles. The molecule has 2 aromatic rings. The van der Waals surface area contributed by atoms with Crippen LogP contribution in [0.3, 0.4) is 0 Å². The standard InChI is InChI=1S/C19H19NO4/c21-18(22)11-14-7-5-13(6-8-14)9-10-20-19(23)16-12-24-17-4-2-1-3-15(16)17/h1-8,16H,9-12H2,(H,20,23)(H,21,22). The van der Waals surface area contributed by atoms with Crippen LogP contribution in [0.5, 0.6) is 5.75 Å². The molecule has 1 heterocycles. The summed E-state index contributed by atoms with van der Waals surface area (Å²) in [5.74, 6) is -0.331. The number of carbonyl (C=O) groups excluding carboxylic acids is 1. The molecule has 124 valence electrons. The average Bonchev–Trinajstić information content (AvgIpc) is 3.00. The van der Waals surface area contributed by atoms with Crippen LogP contribution in [0, 0.1) is 0 Å². The number of carboxylic acid groups (broad SMARTS) is 1. The van der Waals surface area contributed by atoms with Crippen molar-refractivity contribution in [2.45, 2.75) is 18.8 Å². The first-order valence-corrected chi connectivity index (χ1v) is 7.92. The highest BCUT2D eigenvalue weighted by Gasteiger charge is 2.29. The van der Waals surface area contributed by atoms with Crippen molar-refractivity contribution in [3.63, 3.8) is 0 Å². The summed E-state index contributed by atoms with van der Waals surface area (Å²) in [6.45, 7) is 0.921. The maximum atomic E-state index is 12.3. The van der Waals surface area contributed by atoms with Gasteiger partial charge in [0.25, 0.3) is 0 Å². The molecule has 2 aromatic carbocycles. The van der Waals surface area contributed by atoms with Crippen LogP contribution in [0.4, 0.5) is 0 Å². The van der Waals surface area contributed by atoms with Gasteiger partial charge in [-0.2, -0.15) is 0 Å². The molecule has 0 fully saturated rings. The Bertz CT molecular complexity index is 739. The van der Waals surface area contributed by atoms with Gasteiger partial charge in [-0.15, -0.1) is 0 Å². The molecule has 5 heteroatoms. The van der Waals surface area contributed by atoms with E-state index < -0.39 is 5.97 Å². The van der Waals surface area contributed by atoms with Crippen molar-refractivity contribution in [1.82, 2.24) is 5.32 Å². The lowest BCUT2D eigenvalue weighted by Gasteiger charge is -2.10. The highest BCUT2D eigenvalue weighted by atomic mass is 16.5. The smallest absolute Gasteiger partial charge is 0.307 e. The van der Waals surface area contributed by atoms with Gasteiger partial charge in [-0.05, 0) is 23.6 Å². The number of carboxylic acids is 1. The summed E-state index contributed by atoms with van der Waals surface area (Å²) in [7, 11) is 0. The Hall–Kier alpha value is -2.82. The fourth-order valence-electron chi connectivity index (χ4n) is 2.83. The predicted octanol–water partition coefficient (Wildman–Crippen LogP) is 2.15. The molecule has 0 aromatic heterocycles. The van der Waals surface area contributed by atoms with E-state index in [1.165, 1.54) is 0 Å². The summed E-state index contributed by atoms with van der Waals surface area (Å²) in [4.78, 5) is 23.0. The van der Waals surface area contributed by atoms with Gasteiger partial charge in [-0.1, -0.05) is 42.5 Å². The molecular weight excluding hydrogens is 306 g/mol. The lowest BCUT2D eigenvalue weighted by molar-refractivity contribution is -0.136. The Morgan fingerprint density at radius 2 is 1.79 bits per heavy atom. The van der Waals surface area contributed by atoms with Gasteiger partial charge >= 0.3 is 5.97 Å². The van der Waals surface area contributed by atoms with Gasteiger partial charge in [-0.3, -0.25) is 9.59 Å². The minimum atomic E-state index is -0.839. The van der Waals surface area contributed by atoms with Crippen molar-refractivity contribution in [3.8, 4) is 5.75 Å². The zero-order valence-corrected chi connectivity index (χ0v) is 13.2. The number of amides is 1. The van der Waals surface area contributed by atoms with Crippen LogP contribution in [0.25, 0.3) is 0 Å². The second kappa shape index (κ2) is 7.17. The number of para-hydroxylation sites is 1. The van der Waals surface area contributed by atoms with Crippen LogP contribution in [0.2, 0.25) is 0 Å². The van der Waals surface area contributed by atoms with E-state index in [2.05, 4.69) is 5.32 Å². The summed E-state index contributed by atoms with van der Waals surface area (Å²) in [6.07, 6.45) is 0.729. The van der Waals surface area contributed by atoms with Gasteiger partial charge in [-0.25, -0.2) is 0 Å². The number of fused-ring (bicyclic) bond motifs is 1. The van der Waals surface area contributed by atoms with E-state index in [9.17, 15) is 9.59 Å². The summed E-state index contributed by atoms with van der Waals surface area (Å²) in [5, 5.41) is 11.7. The van der Waals surface area contributed by atoms with Crippen LogP contribution >= 0.6 is 0 Å². The van der Waals surface area contributed by atoms with E-state index in [4.69, 9.17) is 9.84 Å². The van der Waals surface area contributed by atoms with Gasteiger partial charge in [0.2, 0.25) is 5.91 Å². The van der Waals surface area contributed by atoms with E-state index in [0.717, 1.165) is 22.4 Å². The highest BCUT2D eigenvalue weighted by Crippen LogP contribution is 2.33. The molecule has 3 rings (SSSR count). The molecule has 0 bridgehead atoms. The summed E-state index contributed by atoms with van der Waals surface area (Å²) in [6, 6.07) is 15.0. The first-order chi connectivity index (χ1) is 11.6. The first kappa shape index (κ1) is 16.1. The first-order valence-electron chi connectivity index (χ1n) is 7.92. The Morgan fingerprint density at radius 1 is 1.08 bits per heavy atom. The summed E-state index contributed by atoms with van der Waals surface area (Å²) < 4.78 is 5.53. The van der Waals surface area contributed by atoms with Gasteiger partial charge < -0.3 is 15.2 Å². The van der Waals surface area contributed by atoms with Crippen LogP contribution < -0.4 is 10.1 Å². The van der Waals surface area contributed by atoms with Gasteiger partial charge in [0.1, 0.15) is 18.3 Å². The lowest BCUT2D eigenvalue weighted by Crippen LogP contribution is -2.31. The Balaban J connectivity index is 1.50. The highest BCUT2D eigenvalue weighted by molar-refractivity contribution is 5.85. The van der Waals surface area contributed by atoms with Gasteiger partial charge in [0, 0.05) is 12.1 Å². The van der Waals surface area contributed by atoms with Gasteiger partial charge in [0.05, 0.1) is 6.42 Å². The van der Waals surface area contributed by atoms with E-state index in [0.29, 0.717) is 19.6 Å². The van der Waals surface area contributed by atoms with Crippen LogP contribution in [0.1, 0.15) is 22.6 Å². The minimum absolute atomic E-state index is 0.0255. The van der Waals surface area contributed by atoms with Crippen molar-refractivity contribution in [2.75, 3.05) is 13.2 Å². The van der Waals surface area contributed by atoms with Crippen molar-refractivity contribution in [1.29, 1.82) is 0 Å². The number of nitrogens with one attached hydrogen (secondary N) is 1. The molecular formula is C19H19NO4. The molecule has 24 heavy (non-hydrogen) atoms. The van der Waals surface area contributed by atoms with Crippen molar-refractivity contribution < 1.29 is 19.4 Å². The van der Waals surface area contributed by atoms with Crippen LogP contribution in [0.15, 0.2) is 48.5 Å². The number of benzene rings is 2. The molecule has 1 atom stereocenters. The quantitative estimate of drug-likeness (QED) is 0.853.